The molecular weight excluding hydrogens is 594 g/mol. The lowest BCUT2D eigenvalue weighted by Crippen LogP contribution is -2.24. The molecule has 0 saturated carbocycles. The predicted octanol–water partition coefficient (Wildman–Crippen LogP) is 3.41. The van der Waals surface area contributed by atoms with Gasteiger partial charge in [-0.05, 0) is 36.2 Å². The van der Waals surface area contributed by atoms with Gasteiger partial charge in [0.15, 0.2) is 11.5 Å². The minimum Gasteiger partial charge on any atom is -0.493 e. The summed E-state index contributed by atoms with van der Waals surface area (Å²) in [5, 5.41) is 8.58. The first kappa shape index (κ1) is 24.4. The number of benzene rings is 2. The number of para-hydroxylation sites is 2. The van der Waals surface area contributed by atoms with Crippen molar-refractivity contribution in [2.75, 3.05) is 26.8 Å². The highest BCUT2D eigenvalue weighted by atomic mass is 127. The maximum atomic E-state index is 11.6. The molecule has 0 aromatic heterocycles. The summed E-state index contributed by atoms with van der Waals surface area (Å²) in [6, 6.07) is 12.9. The van der Waals surface area contributed by atoms with Gasteiger partial charge in [-0.2, -0.15) is 0 Å². The molecule has 0 aliphatic rings. The normalized spacial score (nSPS) is 12.1. The molecule has 3 N–H and O–H groups in total. The van der Waals surface area contributed by atoms with Gasteiger partial charge in [-0.15, -0.1) is 24.0 Å². The number of sulfonamides is 1. The lowest BCUT2D eigenvalue weighted by molar-refractivity contribution is 0.293. The molecule has 0 bridgehead atoms. The Labute approximate surface area is 191 Å². The van der Waals surface area contributed by atoms with Crippen molar-refractivity contribution in [1.82, 2.24) is 5.32 Å². The van der Waals surface area contributed by atoms with E-state index in [0.29, 0.717) is 36.8 Å². The molecule has 9 heteroatoms. The third-order valence-corrected chi connectivity index (χ3v) is 6.02. The van der Waals surface area contributed by atoms with Crippen LogP contribution in [0, 0.1) is 6.92 Å². The van der Waals surface area contributed by atoms with Crippen LogP contribution in [0.25, 0.3) is 0 Å². The smallest absolute Gasteiger partial charge is 0.238 e. The SMILES string of the molecule is COc1ccccc1OCCNCC(I)c1ccc(C)c(S(N)(=O)=O)c1.I. The number of nitrogens with one attached hydrogen (secondary N) is 1. The topological polar surface area (TPSA) is 90.7 Å². The number of aryl methyl sites for hydroxylation is 1. The predicted molar refractivity (Wildman–Crippen MR) is 126 cm³/mol. The van der Waals surface area contributed by atoms with Crippen molar-refractivity contribution in [3.8, 4) is 11.5 Å². The fraction of sp³-hybridized carbons (Fsp3) is 0.333. The lowest BCUT2D eigenvalue weighted by Gasteiger charge is -2.14. The molecule has 1 unspecified atom stereocenters. The largest absolute Gasteiger partial charge is 0.493 e. The van der Waals surface area contributed by atoms with Crippen LogP contribution in [0.15, 0.2) is 47.4 Å². The summed E-state index contributed by atoms with van der Waals surface area (Å²) in [5.74, 6) is 1.41. The molecule has 2 aromatic rings. The second-order valence-corrected chi connectivity index (χ2v) is 8.77. The highest BCUT2D eigenvalue weighted by Gasteiger charge is 2.15. The van der Waals surface area contributed by atoms with Crippen molar-refractivity contribution < 1.29 is 17.9 Å². The third-order valence-electron chi connectivity index (χ3n) is 3.81. The van der Waals surface area contributed by atoms with E-state index in [1.807, 2.05) is 30.3 Å². The van der Waals surface area contributed by atoms with E-state index in [0.717, 1.165) is 5.56 Å². The first-order chi connectivity index (χ1) is 12.3. The van der Waals surface area contributed by atoms with Crippen LogP contribution >= 0.6 is 46.6 Å². The number of hydrogen-bond donors (Lipinski definition) is 2. The number of primary sulfonamides is 1. The van der Waals surface area contributed by atoms with Crippen molar-refractivity contribution in [2.45, 2.75) is 15.7 Å². The van der Waals surface area contributed by atoms with Gasteiger partial charge in [0.25, 0.3) is 0 Å². The second-order valence-electron chi connectivity index (χ2n) is 5.74. The van der Waals surface area contributed by atoms with Gasteiger partial charge >= 0.3 is 0 Å². The number of ether oxygens (including phenoxy) is 2. The van der Waals surface area contributed by atoms with E-state index >= 15 is 0 Å². The Balaban J connectivity index is 0.00000364. The molecule has 0 aliphatic heterocycles. The standard InChI is InChI=1S/C18H23IN2O4S.HI/c1-13-7-8-14(11-18(13)26(20,22)23)15(19)12-21-9-10-25-17-6-4-3-5-16(17)24-2;/h3-8,11,15,21H,9-10,12H2,1-2H3,(H2,20,22,23);1H. The van der Waals surface area contributed by atoms with Crippen molar-refractivity contribution in [1.29, 1.82) is 0 Å². The van der Waals surface area contributed by atoms with Gasteiger partial charge in [0.1, 0.15) is 6.61 Å². The molecular formula is C18H24I2N2O4S. The molecule has 0 spiro atoms. The van der Waals surface area contributed by atoms with E-state index in [1.165, 1.54) is 0 Å². The van der Waals surface area contributed by atoms with Gasteiger partial charge in [0, 0.05) is 17.0 Å². The summed E-state index contributed by atoms with van der Waals surface area (Å²) in [6.45, 7) is 3.58. The molecule has 1 atom stereocenters. The monoisotopic (exact) mass is 618 g/mol. The summed E-state index contributed by atoms with van der Waals surface area (Å²) < 4.78 is 34.4. The molecule has 0 heterocycles. The van der Waals surface area contributed by atoms with Crippen molar-refractivity contribution in [3.63, 3.8) is 0 Å². The Bertz CT molecular complexity index is 847. The molecule has 0 saturated heterocycles. The summed E-state index contributed by atoms with van der Waals surface area (Å²) in [7, 11) is -2.10. The highest BCUT2D eigenvalue weighted by molar-refractivity contribution is 14.1. The van der Waals surface area contributed by atoms with Crippen molar-refractivity contribution in [2.24, 2.45) is 5.14 Å². The number of rotatable bonds is 9. The zero-order valence-corrected chi connectivity index (χ0v) is 20.4. The second kappa shape index (κ2) is 11.4. The average molecular weight is 618 g/mol. The van der Waals surface area contributed by atoms with Crippen molar-refractivity contribution >= 4 is 56.6 Å². The van der Waals surface area contributed by atoms with E-state index in [1.54, 1.807) is 26.2 Å². The average Bonchev–Trinajstić information content (AvgIpc) is 2.61. The minimum absolute atomic E-state index is 0. The van der Waals surface area contributed by atoms with Crippen LogP contribution in [0.2, 0.25) is 0 Å². The molecule has 0 radical (unpaired) electrons. The molecule has 27 heavy (non-hydrogen) atoms. The molecule has 150 valence electrons. The molecule has 2 rings (SSSR count). The van der Waals surface area contributed by atoms with Gasteiger partial charge in [-0.1, -0.05) is 46.9 Å². The van der Waals surface area contributed by atoms with Gasteiger partial charge in [0.05, 0.1) is 12.0 Å². The summed E-state index contributed by atoms with van der Waals surface area (Å²) in [5.41, 5.74) is 1.57. The van der Waals surface area contributed by atoms with E-state index in [-0.39, 0.29) is 32.8 Å². The Morgan fingerprint density at radius 2 is 1.85 bits per heavy atom. The maximum Gasteiger partial charge on any atom is 0.238 e. The Morgan fingerprint density at radius 1 is 1.19 bits per heavy atom. The van der Waals surface area contributed by atoms with E-state index < -0.39 is 10.0 Å². The Kier molecular flexibility index (Phi) is 10.3. The minimum atomic E-state index is -3.71. The number of halogens is 2. The summed E-state index contributed by atoms with van der Waals surface area (Å²) >= 11 is 2.28. The van der Waals surface area contributed by atoms with Gasteiger partial charge in [-0.3, -0.25) is 0 Å². The van der Waals surface area contributed by atoms with Crippen LogP contribution in [-0.4, -0.2) is 35.2 Å². The van der Waals surface area contributed by atoms with Gasteiger partial charge in [0.2, 0.25) is 10.0 Å². The highest BCUT2D eigenvalue weighted by Crippen LogP contribution is 2.27. The fourth-order valence-electron chi connectivity index (χ4n) is 2.44. The molecule has 6 nitrogen and oxygen atoms in total. The fourth-order valence-corrected chi connectivity index (χ4v) is 3.95. The number of nitrogens with two attached hydrogens (primary N) is 1. The Hall–Kier alpha value is -0.630. The van der Waals surface area contributed by atoms with Crippen LogP contribution < -0.4 is 19.9 Å². The molecule has 0 fully saturated rings. The van der Waals surface area contributed by atoms with Gasteiger partial charge in [-0.25, -0.2) is 13.6 Å². The number of alkyl halides is 1. The summed E-state index contributed by atoms with van der Waals surface area (Å²) in [6.07, 6.45) is 0. The summed E-state index contributed by atoms with van der Waals surface area (Å²) in [4.78, 5) is 0.177. The molecule has 2 aromatic carbocycles. The first-order valence-electron chi connectivity index (χ1n) is 8.07. The van der Waals surface area contributed by atoms with Crippen LogP contribution in [0.5, 0.6) is 11.5 Å². The first-order valence-corrected chi connectivity index (χ1v) is 10.9. The van der Waals surface area contributed by atoms with Crippen molar-refractivity contribution in [3.05, 3.63) is 53.6 Å². The number of methoxy groups -OCH3 is 1. The number of hydrogen-bond acceptors (Lipinski definition) is 5. The van der Waals surface area contributed by atoms with E-state index in [4.69, 9.17) is 14.6 Å². The maximum absolute atomic E-state index is 11.6. The van der Waals surface area contributed by atoms with Gasteiger partial charge < -0.3 is 14.8 Å². The van der Waals surface area contributed by atoms with E-state index in [2.05, 4.69) is 27.9 Å². The lowest BCUT2D eigenvalue weighted by atomic mass is 10.1. The van der Waals surface area contributed by atoms with E-state index in [9.17, 15) is 8.42 Å². The van der Waals surface area contributed by atoms with Crippen LogP contribution in [-0.2, 0) is 10.0 Å². The van der Waals surface area contributed by atoms with Crippen LogP contribution in [0.1, 0.15) is 15.1 Å². The molecule has 0 amide bonds. The van der Waals surface area contributed by atoms with Crippen LogP contribution in [0.4, 0.5) is 0 Å². The zero-order chi connectivity index (χ0) is 19.2. The van der Waals surface area contributed by atoms with Crippen LogP contribution in [0.3, 0.4) is 0 Å². The quantitative estimate of drug-likeness (QED) is 0.256. The third kappa shape index (κ3) is 7.37. The zero-order valence-electron chi connectivity index (χ0n) is 15.1. The molecule has 0 aliphatic carbocycles. The Morgan fingerprint density at radius 3 is 2.48 bits per heavy atom.